The van der Waals surface area contributed by atoms with Crippen LogP contribution in [0.25, 0.3) is 0 Å². The van der Waals surface area contributed by atoms with Gasteiger partial charge in [-0.25, -0.2) is 0 Å². The third kappa shape index (κ3) is 3.45. The Hall–Kier alpha value is -0.0800. The Morgan fingerprint density at radius 1 is 1.29 bits per heavy atom. The van der Waals surface area contributed by atoms with E-state index in [1.165, 1.54) is 45.2 Å². The molecule has 2 nitrogen and oxygen atoms in total. The van der Waals surface area contributed by atoms with E-state index in [0.29, 0.717) is 5.54 Å². The fourth-order valence-electron chi connectivity index (χ4n) is 3.79. The van der Waals surface area contributed by atoms with Gasteiger partial charge in [0.15, 0.2) is 0 Å². The van der Waals surface area contributed by atoms with E-state index in [1.807, 2.05) is 0 Å². The summed E-state index contributed by atoms with van der Waals surface area (Å²) in [5.41, 5.74) is 0.377. The number of nitrogens with zero attached hydrogens (tertiary/aromatic N) is 1. The topological polar surface area (TPSA) is 15.3 Å². The first-order valence-electron chi connectivity index (χ1n) is 7.49. The van der Waals surface area contributed by atoms with Crippen LogP contribution >= 0.6 is 0 Å². The summed E-state index contributed by atoms with van der Waals surface area (Å²) in [5.74, 6) is 0.898. The highest BCUT2D eigenvalue weighted by Gasteiger charge is 2.34. The Bertz CT molecular complexity index is 247. The molecule has 1 N–H and O–H groups in total. The molecule has 17 heavy (non-hydrogen) atoms. The minimum Gasteiger partial charge on any atom is -0.312 e. The molecule has 2 aliphatic heterocycles. The van der Waals surface area contributed by atoms with Crippen molar-refractivity contribution >= 4 is 0 Å². The number of rotatable bonds is 3. The van der Waals surface area contributed by atoms with Crippen molar-refractivity contribution in [3.05, 3.63) is 0 Å². The van der Waals surface area contributed by atoms with Gasteiger partial charge in [-0.3, -0.25) is 4.90 Å². The van der Waals surface area contributed by atoms with E-state index >= 15 is 0 Å². The highest BCUT2D eigenvalue weighted by molar-refractivity contribution is 4.92. The van der Waals surface area contributed by atoms with Crippen LogP contribution in [0, 0.1) is 5.92 Å². The Kier molecular flexibility index (Phi) is 4.14. The second kappa shape index (κ2) is 5.27. The molecule has 0 aromatic carbocycles. The maximum absolute atomic E-state index is 3.66. The van der Waals surface area contributed by atoms with E-state index in [9.17, 15) is 0 Å². The van der Waals surface area contributed by atoms with Gasteiger partial charge in [0.2, 0.25) is 0 Å². The number of likely N-dealkylation sites (tertiary alicyclic amines) is 1. The first-order valence-corrected chi connectivity index (χ1v) is 7.49. The molecule has 2 heterocycles. The Labute approximate surface area is 107 Å². The predicted octanol–water partition coefficient (Wildman–Crippen LogP) is 3.03. The van der Waals surface area contributed by atoms with Crippen molar-refractivity contribution in [2.45, 2.75) is 77.4 Å². The second-order valence-electron chi connectivity index (χ2n) is 7.05. The summed E-state index contributed by atoms with van der Waals surface area (Å²) in [5, 5.41) is 3.66. The maximum atomic E-state index is 3.66. The van der Waals surface area contributed by atoms with Crippen molar-refractivity contribution in [1.29, 1.82) is 0 Å². The van der Waals surface area contributed by atoms with Gasteiger partial charge in [-0.2, -0.15) is 0 Å². The van der Waals surface area contributed by atoms with Crippen LogP contribution in [0.5, 0.6) is 0 Å². The summed E-state index contributed by atoms with van der Waals surface area (Å²) in [6.07, 6.45) is 7.04. The summed E-state index contributed by atoms with van der Waals surface area (Å²) in [7, 11) is 0. The molecule has 2 unspecified atom stereocenters. The van der Waals surface area contributed by atoms with Crippen LogP contribution in [0.1, 0.15) is 59.8 Å². The lowest BCUT2D eigenvalue weighted by Gasteiger charge is -2.40. The van der Waals surface area contributed by atoms with Gasteiger partial charge in [-0.15, -0.1) is 0 Å². The van der Waals surface area contributed by atoms with E-state index in [2.05, 4.69) is 37.9 Å². The molecular formula is C15H30N2. The molecule has 2 atom stereocenters. The standard InChI is InChI=1S/C15H30N2/c1-12(2)17-8-6-5-7-14(17)9-13-10-15(3,4)16-11-13/h12-14,16H,5-11H2,1-4H3. The number of piperidine rings is 1. The van der Waals surface area contributed by atoms with Crippen LogP contribution in [-0.2, 0) is 0 Å². The van der Waals surface area contributed by atoms with Crippen LogP contribution < -0.4 is 5.32 Å². The normalized spacial score (nSPS) is 34.4. The van der Waals surface area contributed by atoms with Gasteiger partial charge in [0.25, 0.3) is 0 Å². The lowest BCUT2D eigenvalue weighted by atomic mass is 9.87. The van der Waals surface area contributed by atoms with Crippen molar-refractivity contribution in [3.63, 3.8) is 0 Å². The Morgan fingerprint density at radius 2 is 2.06 bits per heavy atom. The monoisotopic (exact) mass is 238 g/mol. The van der Waals surface area contributed by atoms with Crippen LogP contribution in [-0.4, -0.2) is 35.6 Å². The van der Waals surface area contributed by atoms with E-state index in [-0.39, 0.29) is 0 Å². The van der Waals surface area contributed by atoms with Crippen molar-refractivity contribution in [2.75, 3.05) is 13.1 Å². The Balaban J connectivity index is 1.88. The van der Waals surface area contributed by atoms with Gasteiger partial charge in [0.1, 0.15) is 0 Å². The zero-order valence-electron chi connectivity index (χ0n) is 12.1. The van der Waals surface area contributed by atoms with E-state index in [0.717, 1.165) is 18.0 Å². The molecule has 100 valence electrons. The van der Waals surface area contributed by atoms with E-state index < -0.39 is 0 Å². The van der Waals surface area contributed by atoms with Crippen LogP contribution in [0.15, 0.2) is 0 Å². The average Bonchev–Trinajstić information content (AvgIpc) is 2.58. The SMILES string of the molecule is CC(C)N1CCCCC1CC1CNC(C)(C)C1. The van der Waals surface area contributed by atoms with E-state index in [1.54, 1.807) is 0 Å². The zero-order chi connectivity index (χ0) is 12.5. The molecule has 2 saturated heterocycles. The van der Waals surface area contributed by atoms with Crippen molar-refractivity contribution < 1.29 is 0 Å². The molecule has 2 fully saturated rings. The van der Waals surface area contributed by atoms with E-state index in [4.69, 9.17) is 0 Å². The van der Waals surface area contributed by atoms with Gasteiger partial charge in [-0.05, 0) is 72.4 Å². The fraction of sp³-hybridized carbons (Fsp3) is 1.00. The van der Waals surface area contributed by atoms with Gasteiger partial charge in [-0.1, -0.05) is 6.42 Å². The zero-order valence-corrected chi connectivity index (χ0v) is 12.1. The fourth-order valence-corrected chi connectivity index (χ4v) is 3.79. The maximum Gasteiger partial charge on any atom is 0.0128 e. The van der Waals surface area contributed by atoms with Gasteiger partial charge in [0, 0.05) is 17.6 Å². The number of hydrogen-bond donors (Lipinski definition) is 1. The quantitative estimate of drug-likeness (QED) is 0.813. The molecule has 2 heteroatoms. The first kappa shape index (κ1) is 13.4. The minimum absolute atomic E-state index is 0.377. The molecule has 0 aliphatic carbocycles. The highest BCUT2D eigenvalue weighted by atomic mass is 15.2. The molecule has 2 aliphatic rings. The molecule has 0 bridgehead atoms. The van der Waals surface area contributed by atoms with Crippen LogP contribution in [0.4, 0.5) is 0 Å². The largest absolute Gasteiger partial charge is 0.312 e. The van der Waals surface area contributed by atoms with Crippen LogP contribution in [0.2, 0.25) is 0 Å². The number of hydrogen-bond acceptors (Lipinski definition) is 2. The van der Waals surface area contributed by atoms with Crippen LogP contribution in [0.3, 0.4) is 0 Å². The lowest BCUT2D eigenvalue weighted by Crippen LogP contribution is -2.44. The number of nitrogens with one attached hydrogen (secondary N) is 1. The Morgan fingerprint density at radius 3 is 2.65 bits per heavy atom. The minimum atomic E-state index is 0.377. The smallest absolute Gasteiger partial charge is 0.0128 e. The summed E-state index contributed by atoms with van der Waals surface area (Å²) < 4.78 is 0. The summed E-state index contributed by atoms with van der Waals surface area (Å²) in [6.45, 7) is 12.0. The first-order chi connectivity index (χ1) is 7.98. The van der Waals surface area contributed by atoms with Crippen molar-refractivity contribution in [3.8, 4) is 0 Å². The second-order valence-corrected chi connectivity index (χ2v) is 7.05. The summed E-state index contributed by atoms with van der Waals surface area (Å²) in [4.78, 5) is 2.74. The molecular weight excluding hydrogens is 208 g/mol. The third-order valence-electron chi connectivity index (χ3n) is 4.61. The molecule has 0 spiro atoms. The van der Waals surface area contributed by atoms with Crippen molar-refractivity contribution in [2.24, 2.45) is 5.92 Å². The highest BCUT2D eigenvalue weighted by Crippen LogP contribution is 2.31. The summed E-state index contributed by atoms with van der Waals surface area (Å²) in [6, 6.07) is 1.58. The third-order valence-corrected chi connectivity index (χ3v) is 4.61. The molecule has 0 aromatic rings. The molecule has 0 saturated carbocycles. The molecule has 0 radical (unpaired) electrons. The molecule has 0 amide bonds. The van der Waals surface area contributed by atoms with Gasteiger partial charge < -0.3 is 5.32 Å². The van der Waals surface area contributed by atoms with Crippen molar-refractivity contribution in [1.82, 2.24) is 10.2 Å². The molecule has 2 rings (SSSR count). The van der Waals surface area contributed by atoms with Gasteiger partial charge in [0.05, 0.1) is 0 Å². The predicted molar refractivity (Wildman–Crippen MR) is 74.3 cm³/mol. The lowest BCUT2D eigenvalue weighted by molar-refractivity contribution is 0.0940. The molecule has 0 aromatic heterocycles. The average molecular weight is 238 g/mol. The van der Waals surface area contributed by atoms with Gasteiger partial charge >= 0.3 is 0 Å². The summed E-state index contributed by atoms with van der Waals surface area (Å²) >= 11 is 0.